The van der Waals surface area contributed by atoms with Crippen molar-refractivity contribution in [3.8, 4) is 0 Å². The molecule has 0 radical (unpaired) electrons. The van der Waals surface area contributed by atoms with Crippen LogP contribution in [0.15, 0.2) is 13.2 Å². The number of aromatic nitrogens is 4. The van der Waals surface area contributed by atoms with Crippen LogP contribution in [-0.4, -0.2) is 26.1 Å². The quantitative estimate of drug-likeness (QED) is 0.504. The SMILES string of the molecule is CCCCSc1nnc(SC(C)c2nc(C(C)C)no2)s1. The molecule has 2 heterocycles. The first-order chi connectivity index (χ1) is 10.1. The molecule has 5 nitrogen and oxygen atoms in total. The van der Waals surface area contributed by atoms with Gasteiger partial charge in [-0.3, -0.25) is 0 Å². The Morgan fingerprint density at radius 1 is 1.19 bits per heavy atom. The van der Waals surface area contributed by atoms with Gasteiger partial charge < -0.3 is 4.52 Å². The van der Waals surface area contributed by atoms with Gasteiger partial charge in [-0.1, -0.05) is 67.2 Å². The van der Waals surface area contributed by atoms with E-state index in [1.807, 2.05) is 6.92 Å². The maximum Gasteiger partial charge on any atom is 0.239 e. The van der Waals surface area contributed by atoms with Crippen molar-refractivity contribution in [2.24, 2.45) is 0 Å². The van der Waals surface area contributed by atoms with Gasteiger partial charge in [0.2, 0.25) is 5.89 Å². The molecule has 0 N–H and O–H groups in total. The second-order valence-electron chi connectivity index (χ2n) is 4.94. The number of hydrogen-bond acceptors (Lipinski definition) is 8. The normalized spacial score (nSPS) is 13.0. The molecule has 0 aromatic carbocycles. The van der Waals surface area contributed by atoms with Gasteiger partial charge in [-0.2, -0.15) is 4.98 Å². The zero-order valence-corrected chi connectivity index (χ0v) is 15.1. The van der Waals surface area contributed by atoms with E-state index in [1.165, 1.54) is 12.8 Å². The summed E-state index contributed by atoms with van der Waals surface area (Å²) in [5, 5.41) is 12.5. The van der Waals surface area contributed by atoms with Crippen LogP contribution in [-0.2, 0) is 0 Å². The van der Waals surface area contributed by atoms with Crippen LogP contribution in [0.3, 0.4) is 0 Å². The zero-order valence-electron chi connectivity index (χ0n) is 12.7. The third kappa shape index (κ3) is 4.96. The molecule has 21 heavy (non-hydrogen) atoms. The van der Waals surface area contributed by atoms with Crippen molar-refractivity contribution >= 4 is 34.9 Å². The Bertz CT molecular complexity index is 555. The van der Waals surface area contributed by atoms with E-state index in [-0.39, 0.29) is 11.2 Å². The molecule has 8 heteroatoms. The van der Waals surface area contributed by atoms with E-state index in [1.54, 1.807) is 34.9 Å². The third-order valence-electron chi connectivity index (χ3n) is 2.71. The molecular formula is C13H20N4OS3. The number of thioether (sulfide) groups is 2. The molecule has 1 atom stereocenters. The molecule has 0 bridgehead atoms. The number of nitrogens with zero attached hydrogens (tertiary/aromatic N) is 4. The van der Waals surface area contributed by atoms with Crippen LogP contribution in [0.2, 0.25) is 0 Å². The van der Waals surface area contributed by atoms with Crippen LogP contribution in [0.25, 0.3) is 0 Å². The van der Waals surface area contributed by atoms with Gasteiger partial charge in [-0.15, -0.1) is 10.2 Å². The van der Waals surface area contributed by atoms with Crippen LogP contribution < -0.4 is 0 Å². The highest BCUT2D eigenvalue weighted by Crippen LogP contribution is 2.37. The summed E-state index contributed by atoms with van der Waals surface area (Å²) in [6.45, 7) is 8.35. The van der Waals surface area contributed by atoms with Crippen molar-refractivity contribution < 1.29 is 4.52 Å². The predicted molar refractivity (Wildman–Crippen MR) is 88.2 cm³/mol. The lowest BCUT2D eigenvalue weighted by atomic mass is 10.2. The number of rotatable bonds is 8. The van der Waals surface area contributed by atoms with Crippen LogP contribution in [0.1, 0.15) is 63.4 Å². The highest BCUT2D eigenvalue weighted by molar-refractivity contribution is 8.03. The average Bonchev–Trinajstić information content (AvgIpc) is 3.08. The lowest BCUT2D eigenvalue weighted by molar-refractivity contribution is 0.373. The van der Waals surface area contributed by atoms with Gasteiger partial charge in [-0.05, 0) is 13.3 Å². The fourth-order valence-corrected chi connectivity index (χ4v) is 4.80. The highest BCUT2D eigenvalue weighted by atomic mass is 32.2. The first-order valence-electron chi connectivity index (χ1n) is 7.06. The Balaban J connectivity index is 1.91. The van der Waals surface area contributed by atoms with Gasteiger partial charge in [0.15, 0.2) is 14.5 Å². The molecule has 0 aliphatic carbocycles. The molecule has 0 saturated heterocycles. The molecular weight excluding hydrogens is 324 g/mol. The molecule has 1 unspecified atom stereocenters. The zero-order chi connectivity index (χ0) is 15.2. The molecule has 2 aromatic rings. The van der Waals surface area contributed by atoms with E-state index in [0.29, 0.717) is 5.89 Å². The summed E-state index contributed by atoms with van der Waals surface area (Å²) in [4.78, 5) is 4.43. The summed E-state index contributed by atoms with van der Waals surface area (Å²) in [5.41, 5.74) is 0. The largest absolute Gasteiger partial charge is 0.338 e. The minimum atomic E-state index is 0.0893. The van der Waals surface area contributed by atoms with Gasteiger partial charge in [0.25, 0.3) is 0 Å². The molecule has 0 amide bonds. The van der Waals surface area contributed by atoms with Gasteiger partial charge in [0.1, 0.15) is 0 Å². The predicted octanol–water partition coefficient (Wildman–Crippen LogP) is 4.79. The highest BCUT2D eigenvalue weighted by Gasteiger charge is 2.19. The maximum absolute atomic E-state index is 5.32. The Labute approximate surface area is 137 Å². The molecule has 0 aliphatic heterocycles. The maximum atomic E-state index is 5.32. The van der Waals surface area contributed by atoms with Gasteiger partial charge in [0, 0.05) is 11.7 Å². The Morgan fingerprint density at radius 2 is 1.95 bits per heavy atom. The Kier molecular flexibility index (Phi) is 6.50. The van der Waals surface area contributed by atoms with Crippen LogP contribution in [0.5, 0.6) is 0 Å². The summed E-state index contributed by atoms with van der Waals surface area (Å²) in [6, 6.07) is 0. The summed E-state index contributed by atoms with van der Waals surface area (Å²) in [7, 11) is 0. The molecule has 0 saturated carbocycles. The van der Waals surface area contributed by atoms with E-state index < -0.39 is 0 Å². The van der Waals surface area contributed by atoms with Gasteiger partial charge >= 0.3 is 0 Å². The summed E-state index contributed by atoms with van der Waals surface area (Å²) in [6.07, 6.45) is 2.42. The third-order valence-corrected chi connectivity index (χ3v) is 6.03. The van der Waals surface area contributed by atoms with Crippen molar-refractivity contribution in [1.29, 1.82) is 0 Å². The second-order valence-corrected chi connectivity index (χ2v) is 8.85. The minimum absolute atomic E-state index is 0.0893. The minimum Gasteiger partial charge on any atom is -0.338 e. The smallest absolute Gasteiger partial charge is 0.239 e. The standard InChI is InChI=1S/C13H20N4OS3/c1-5-6-7-19-12-15-16-13(21-12)20-9(4)11-14-10(8(2)3)17-18-11/h8-9H,5-7H2,1-4H3. The average molecular weight is 345 g/mol. The topological polar surface area (TPSA) is 64.7 Å². The lowest BCUT2D eigenvalue weighted by Gasteiger charge is -2.01. The molecule has 0 fully saturated rings. The number of unbranched alkanes of at least 4 members (excludes halogenated alkanes) is 1. The Hall–Kier alpha value is -0.600. The summed E-state index contributed by atoms with van der Waals surface area (Å²) in [5.74, 6) is 2.79. The van der Waals surface area contributed by atoms with Crippen LogP contribution in [0, 0.1) is 0 Å². The summed E-state index contributed by atoms with van der Waals surface area (Å²) < 4.78 is 7.30. The van der Waals surface area contributed by atoms with E-state index in [4.69, 9.17) is 4.52 Å². The van der Waals surface area contributed by atoms with Crippen molar-refractivity contribution in [2.45, 2.75) is 60.4 Å². The molecule has 2 aromatic heterocycles. The van der Waals surface area contributed by atoms with Crippen molar-refractivity contribution in [3.63, 3.8) is 0 Å². The van der Waals surface area contributed by atoms with Crippen molar-refractivity contribution in [1.82, 2.24) is 20.3 Å². The van der Waals surface area contributed by atoms with Crippen molar-refractivity contribution in [2.75, 3.05) is 5.75 Å². The fourth-order valence-electron chi connectivity index (χ4n) is 1.46. The number of hydrogen-bond donors (Lipinski definition) is 0. The monoisotopic (exact) mass is 344 g/mol. The molecule has 0 spiro atoms. The lowest BCUT2D eigenvalue weighted by Crippen LogP contribution is -1.92. The van der Waals surface area contributed by atoms with E-state index in [2.05, 4.69) is 41.1 Å². The first kappa shape index (κ1) is 16.8. The van der Waals surface area contributed by atoms with E-state index >= 15 is 0 Å². The summed E-state index contributed by atoms with van der Waals surface area (Å²) >= 11 is 5.03. The van der Waals surface area contributed by atoms with Gasteiger partial charge in [-0.25, -0.2) is 0 Å². The van der Waals surface area contributed by atoms with Crippen LogP contribution >= 0.6 is 34.9 Å². The fraction of sp³-hybridized carbons (Fsp3) is 0.692. The first-order valence-corrected chi connectivity index (χ1v) is 9.74. The molecule has 116 valence electrons. The van der Waals surface area contributed by atoms with E-state index in [0.717, 1.165) is 20.3 Å². The molecule has 0 aliphatic rings. The Morgan fingerprint density at radius 3 is 2.62 bits per heavy atom. The van der Waals surface area contributed by atoms with Gasteiger partial charge in [0.05, 0.1) is 5.25 Å². The van der Waals surface area contributed by atoms with Crippen molar-refractivity contribution in [3.05, 3.63) is 11.7 Å². The van der Waals surface area contributed by atoms with Crippen LogP contribution in [0.4, 0.5) is 0 Å². The second kappa shape index (κ2) is 8.14. The molecule has 2 rings (SSSR count). The van der Waals surface area contributed by atoms with E-state index in [9.17, 15) is 0 Å².